The number of aromatic nitrogens is 4. The molecule has 2 heterocycles. The van der Waals surface area contributed by atoms with Crippen molar-refractivity contribution in [1.82, 2.24) is 19.9 Å². The van der Waals surface area contributed by atoms with E-state index in [0.29, 0.717) is 12.1 Å². The number of nitrogens with two attached hydrogens (primary N) is 1. The summed E-state index contributed by atoms with van der Waals surface area (Å²) in [6, 6.07) is 7.86. The molecule has 1 aromatic carbocycles. The molecule has 0 aliphatic rings. The fraction of sp³-hybridized carbons (Fsp3) is 0.154. The average molecular weight is 255 g/mol. The molecule has 96 valence electrons. The number of H-pyrrole nitrogens is 1. The average Bonchev–Trinajstić information content (AvgIpc) is 2.81. The van der Waals surface area contributed by atoms with E-state index in [4.69, 9.17) is 10.5 Å². The molecule has 0 amide bonds. The van der Waals surface area contributed by atoms with Crippen molar-refractivity contribution in [2.45, 2.75) is 6.42 Å². The number of anilines is 1. The Bertz CT molecular complexity index is 705. The Labute approximate surface area is 109 Å². The molecule has 0 aliphatic carbocycles. The number of hydrogen-bond acceptors (Lipinski definition) is 5. The van der Waals surface area contributed by atoms with E-state index in [1.165, 1.54) is 0 Å². The van der Waals surface area contributed by atoms with Crippen molar-refractivity contribution in [2.75, 3.05) is 12.8 Å². The molecule has 2 aromatic heterocycles. The monoisotopic (exact) mass is 255 g/mol. The van der Waals surface area contributed by atoms with Crippen LogP contribution in [-0.4, -0.2) is 27.0 Å². The van der Waals surface area contributed by atoms with Crippen molar-refractivity contribution in [2.24, 2.45) is 0 Å². The third-order valence-corrected chi connectivity index (χ3v) is 2.84. The lowest BCUT2D eigenvalue weighted by molar-refractivity contribution is 0.414. The second kappa shape index (κ2) is 4.56. The van der Waals surface area contributed by atoms with Crippen LogP contribution in [0.15, 0.2) is 30.5 Å². The number of ether oxygens (including phenoxy) is 1. The van der Waals surface area contributed by atoms with Crippen molar-refractivity contribution >= 4 is 17.1 Å². The molecule has 0 unspecified atom stereocenters. The van der Waals surface area contributed by atoms with Gasteiger partial charge in [0, 0.05) is 6.42 Å². The Morgan fingerprint density at radius 2 is 2.00 bits per heavy atom. The van der Waals surface area contributed by atoms with Crippen LogP contribution in [0.4, 0.5) is 5.95 Å². The molecular weight excluding hydrogens is 242 g/mol. The fourth-order valence-corrected chi connectivity index (χ4v) is 1.89. The first-order valence-electron chi connectivity index (χ1n) is 5.84. The van der Waals surface area contributed by atoms with Crippen molar-refractivity contribution in [3.05, 3.63) is 41.9 Å². The van der Waals surface area contributed by atoms with Crippen molar-refractivity contribution in [1.29, 1.82) is 0 Å². The molecule has 3 rings (SSSR count). The van der Waals surface area contributed by atoms with Gasteiger partial charge in [0.15, 0.2) is 5.65 Å². The maximum Gasteiger partial charge on any atom is 0.222 e. The summed E-state index contributed by atoms with van der Waals surface area (Å²) in [5, 5.41) is 0. The third-order valence-electron chi connectivity index (χ3n) is 2.84. The number of rotatable bonds is 3. The highest BCUT2D eigenvalue weighted by molar-refractivity contribution is 5.70. The number of benzene rings is 1. The van der Waals surface area contributed by atoms with Gasteiger partial charge in [-0.15, -0.1) is 0 Å². The van der Waals surface area contributed by atoms with Crippen LogP contribution in [0.5, 0.6) is 5.75 Å². The normalized spacial score (nSPS) is 10.8. The lowest BCUT2D eigenvalue weighted by Gasteiger charge is -2.01. The highest BCUT2D eigenvalue weighted by Crippen LogP contribution is 2.15. The van der Waals surface area contributed by atoms with E-state index in [0.717, 1.165) is 22.7 Å². The van der Waals surface area contributed by atoms with Crippen LogP contribution in [0.25, 0.3) is 11.2 Å². The number of nitrogens with zero attached hydrogens (tertiary/aromatic N) is 3. The van der Waals surface area contributed by atoms with Crippen LogP contribution in [0.1, 0.15) is 11.4 Å². The van der Waals surface area contributed by atoms with E-state index >= 15 is 0 Å². The van der Waals surface area contributed by atoms with Gasteiger partial charge in [0.05, 0.1) is 13.3 Å². The second-order valence-electron chi connectivity index (χ2n) is 4.17. The lowest BCUT2D eigenvalue weighted by Crippen LogP contribution is -1.93. The first-order valence-corrected chi connectivity index (χ1v) is 5.84. The quantitative estimate of drug-likeness (QED) is 0.740. The van der Waals surface area contributed by atoms with E-state index in [1.807, 2.05) is 24.3 Å². The third kappa shape index (κ3) is 2.33. The smallest absolute Gasteiger partial charge is 0.222 e. The van der Waals surface area contributed by atoms with Gasteiger partial charge in [-0.25, -0.2) is 9.97 Å². The van der Waals surface area contributed by atoms with Gasteiger partial charge in [-0.1, -0.05) is 12.1 Å². The Hall–Kier alpha value is -2.63. The Morgan fingerprint density at radius 1 is 1.21 bits per heavy atom. The summed E-state index contributed by atoms with van der Waals surface area (Å²) in [7, 11) is 1.65. The molecule has 0 saturated carbocycles. The Morgan fingerprint density at radius 3 is 2.74 bits per heavy atom. The molecule has 0 aliphatic heterocycles. The van der Waals surface area contributed by atoms with Gasteiger partial charge in [-0.2, -0.15) is 4.98 Å². The summed E-state index contributed by atoms with van der Waals surface area (Å²) >= 11 is 0. The molecule has 6 nitrogen and oxygen atoms in total. The van der Waals surface area contributed by atoms with E-state index in [9.17, 15) is 0 Å². The molecule has 19 heavy (non-hydrogen) atoms. The van der Waals surface area contributed by atoms with E-state index in [-0.39, 0.29) is 5.95 Å². The van der Waals surface area contributed by atoms with Crippen molar-refractivity contribution < 1.29 is 4.74 Å². The van der Waals surface area contributed by atoms with Crippen LogP contribution in [0.2, 0.25) is 0 Å². The standard InChI is InChI=1S/C13H13N5O/c1-19-9-4-2-8(3-5-9)6-11-16-10-7-15-13(14)18-12(10)17-11/h2-5,7H,6H2,1H3,(H3,14,15,16,17,18). The zero-order valence-corrected chi connectivity index (χ0v) is 10.4. The molecule has 3 N–H and O–H groups in total. The first kappa shape index (κ1) is 11.5. The summed E-state index contributed by atoms with van der Waals surface area (Å²) in [6.07, 6.45) is 2.31. The second-order valence-corrected chi connectivity index (χ2v) is 4.17. The molecule has 0 bridgehead atoms. The molecular formula is C13H13N5O. The highest BCUT2D eigenvalue weighted by Gasteiger charge is 2.06. The summed E-state index contributed by atoms with van der Waals surface area (Å²) in [5.41, 5.74) is 8.06. The van der Waals surface area contributed by atoms with Crippen LogP contribution >= 0.6 is 0 Å². The fourth-order valence-electron chi connectivity index (χ4n) is 1.89. The predicted molar refractivity (Wildman–Crippen MR) is 71.9 cm³/mol. The van der Waals surface area contributed by atoms with Gasteiger partial charge < -0.3 is 15.5 Å². The molecule has 0 fully saturated rings. The zero-order valence-electron chi connectivity index (χ0n) is 10.4. The van der Waals surface area contributed by atoms with Crippen LogP contribution in [-0.2, 0) is 6.42 Å². The minimum absolute atomic E-state index is 0.243. The van der Waals surface area contributed by atoms with Crippen LogP contribution in [0, 0.1) is 0 Å². The summed E-state index contributed by atoms with van der Waals surface area (Å²) < 4.78 is 5.12. The van der Waals surface area contributed by atoms with Gasteiger partial charge >= 0.3 is 0 Å². The number of fused-ring (bicyclic) bond motifs is 1. The van der Waals surface area contributed by atoms with Crippen LogP contribution < -0.4 is 10.5 Å². The number of nitrogens with one attached hydrogen (secondary N) is 1. The van der Waals surface area contributed by atoms with Gasteiger partial charge in [-0.3, -0.25) is 0 Å². The van der Waals surface area contributed by atoms with Gasteiger partial charge in [0.25, 0.3) is 0 Å². The van der Waals surface area contributed by atoms with Crippen molar-refractivity contribution in [3.8, 4) is 5.75 Å². The summed E-state index contributed by atoms with van der Waals surface area (Å²) in [4.78, 5) is 15.6. The van der Waals surface area contributed by atoms with Crippen molar-refractivity contribution in [3.63, 3.8) is 0 Å². The zero-order chi connectivity index (χ0) is 13.2. The van der Waals surface area contributed by atoms with E-state index < -0.39 is 0 Å². The van der Waals surface area contributed by atoms with Crippen LogP contribution in [0.3, 0.4) is 0 Å². The largest absolute Gasteiger partial charge is 0.497 e. The molecule has 0 saturated heterocycles. The van der Waals surface area contributed by atoms with Gasteiger partial charge in [0.1, 0.15) is 17.1 Å². The topological polar surface area (TPSA) is 89.7 Å². The minimum Gasteiger partial charge on any atom is -0.497 e. The highest BCUT2D eigenvalue weighted by atomic mass is 16.5. The minimum atomic E-state index is 0.243. The number of hydrogen-bond donors (Lipinski definition) is 2. The maximum atomic E-state index is 5.53. The van der Waals surface area contributed by atoms with Gasteiger partial charge in [0.2, 0.25) is 5.95 Å². The maximum absolute atomic E-state index is 5.53. The number of nitrogen functional groups attached to an aromatic ring is 1. The number of methoxy groups -OCH3 is 1. The molecule has 3 aromatic rings. The number of aromatic amines is 1. The number of imidazole rings is 1. The van der Waals surface area contributed by atoms with E-state index in [1.54, 1.807) is 13.3 Å². The van der Waals surface area contributed by atoms with E-state index in [2.05, 4.69) is 19.9 Å². The molecule has 0 radical (unpaired) electrons. The molecule has 6 heteroatoms. The molecule has 0 spiro atoms. The first-order chi connectivity index (χ1) is 9.24. The Balaban J connectivity index is 1.87. The SMILES string of the molecule is COc1ccc(Cc2nc3cnc(N)nc3[nH]2)cc1. The summed E-state index contributed by atoms with van der Waals surface area (Å²) in [6.45, 7) is 0. The predicted octanol–water partition coefficient (Wildman–Crippen LogP) is 1.53. The molecule has 0 atom stereocenters. The van der Waals surface area contributed by atoms with Gasteiger partial charge in [-0.05, 0) is 17.7 Å². The summed E-state index contributed by atoms with van der Waals surface area (Å²) in [5.74, 6) is 1.92. The lowest BCUT2D eigenvalue weighted by atomic mass is 10.1. The Kier molecular flexibility index (Phi) is 2.75.